The highest BCUT2D eigenvalue weighted by Crippen LogP contribution is 2.27. The van der Waals surface area contributed by atoms with E-state index in [-0.39, 0.29) is 18.2 Å². The van der Waals surface area contributed by atoms with Crippen LogP contribution in [0.15, 0.2) is 18.2 Å². The predicted octanol–water partition coefficient (Wildman–Crippen LogP) is 2.71. The van der Waals surface area contributed by atoms with Crippen LogP contribution in [0.3, 0.4) is 0 Å². The second-order valence-corrected chi connectivity index (χ2v) is 6.19. The number of amides is 2. The molecule has 2 aromatic rings. The first-order valence-corrected chi connectivity index (χ1v) is 8.18. The average molecular weight is 348 g/mol. The van der Waals surface area contributed by atoms with Crippen LogP contribution in [0.1, 0.15) is 37.2 Å². The fourth-order valence-electron chi connectivity index (χ4n) is 2.58. The van der Waals surface area contributed by atoms with Crippen LogP contribution in [0.5, 0.6) is 0 Å². The summed E-state index contributed by atoms with van der Waals surface area (Å²) in [7, 11) is 0. The third-order valence-corrected chi connectivity index (χ3v) is 4.07. The van der Waals surface area contributed by atoms with Crippen LogP contribution in [-0.2, 0) is 16.0 Å². The number of benzene rings is 1. The largest absolute Gasteiger partial charge is 0.323 e. The van der Waals surface area contributed by atoms with Crippen LogP contribution >= 0.6 is 11.6 Å². The molecule has 0 aliphatic carbocycles. The third-order valence-electron chi connectivity index (χ3n) is 3.76. The maximum Gasteiger partial charge on any atom is 0.249 e. The van der Waals surface area contributed by atoms with E-state index in [1.807, 2.05) is 19.9 Å². The van der Waals surface area contributed by atoms with E-state index in [4.69, 9.17) is 11.6 Å². The number of halogens is 1. The van der Waals surface area contributed by atoms with Crippen molar-refractivity contribution in [3.63, 3.8) is 0 Å². The van der Waals surface area contributed by atoms with Crippen molar-refractivity contribution in [3.05, 3.63) is 34.6 Å². The Hall–Kier alpha value is -2.41. The number of rotatable bonds is 4. The lowest BCUT2D eigenvalue weighted by Gasteiger charge is -2.22. The molecule has 1 aromatic heterocycles. The highest BCUT2D eigenvalue weighted by molar-refractivity contribution is 6.33. The van der Waals surface area contributed by atoms with Gasteiger partial charge in [-0.15, -0.1) is 0 Å². The highest BCUT2D eigenvalue weighted by atomic mass is 35.5. The smallest absolute Gasteiger partial charge is 0.249 e. The number of carbonyl (C=O) groups excluding carboxylic acids is 2. The minimum Gasteiger partial charge on any atom is -0.323 e. The number of carbonyl (C=O) groups is 2. The zero-order valence-electron chi connectivity index (χ0n) is 13.5. The van der Waals surface area contributed by atoms with E-state index in [2.05, 4.69) is 20.7 Å². The van der Waals surface area contributed by atoms with E-state index < -0.39 is 6.04 Å². The molecule has 0 saturated heterocycles. The molecule has 1 unspecified atom stereocenters. The van der Waals surface area contributed by atoms with Gasteiger partial charge in [0.15, 0.2) is 5.82 Å². The molecule has 2 N–H and O–H groups in total. The SMILES string of the molecule is CCCc1nc2n(n1)C(C(=O)Nc1ccc(C)cc1Cl)CC(=O)N2. The molecule has 0 spiro atoms. The summed E-state index contributed by atoms with van der Waals surface area (Å²) >= 11 is 6.16. The summed E-state index contributed by atoms with van der Waals surface area (Å²) in [5, 5.41) is 10.2. The summed E-state index contributed by atoms with van der Waals surface area (Å²) in [6, 6.07) is 4.62. The van der Waals surface area contributed by atoms with Crippen molar-refractivity contribution >= 4 is 35.1 Å². The second kappa shape index (κ2) is 6.60. The topological polar surface area (TPSA) is 88.9 Å². The van der Waals surface area contributed by atoms with Crippen LogP contribution in [0.4, 0.5) is 11.6 Å². The fourth-order valence-corrected chi connectivity index (χ4v) is 2.86. The third kappa shape index (κ3) is 3.26. The maximum absolute atomic E-state index is 12.6. The minimum atomic E-state index is -0.746. The first-order valence-electron chi connectivity index (χ1n) is 7.80. The molecule has 0 bridgehead atoms. The Labute approximate surface area is 144 Å². The average Bonchev–Trinajstić information content (AvgIpc) is 2.91. The van der Waals surface area contributed by atoms with Crippen LogP contribution in [0, 0.1) is 6.92 Å². The summed E-state index contributed by atoms with van der Waals surface area (Å²) in [4.78, 5) is 28.8. The van der Waals surface area contributed by atoms with E-state index in [1.54, 1.807) is 12.1 Å². The molecular formula is C16H18ClN5O2. The van der Waals surface area contributed by atoms with Gasteiger partial charge in [-0.1, -0.05) is 24.6 Å². The van der Waals surface area contributed by atoms with Crippen LogP contribution in [0.2, 0.25) is 5.02 Å². The highest BCUT2D eigenvalue weighted by Gasteiger charge is 2.33. The van der Waals surface area contributed by atoms with Gasteiger partial charge in [0.2, 0.25) is 17.8 Å². The van der Waals surface area contributed by atoms with Crippen molar-refractivity contribution in [2.45, 2.75) is 39.2 Å². The molecule has 2 heterocycles. The minimum absolute atomic E-state index is 0.0111. The molecule has 0 fully saturated rings. The van der Waals surface area contributed by atoms with Gasteiger partial charge in [-0.05, 0) is 31.0 Å². The summed E-state index contributed by atoms with van der Waals surface area (Å²) in [6.45, 7) is 3.93. The Kier molecular flexibility index (Phi) is 4.53. The molecule has 1 aliphatic rings. The van der Waals surface area contributed by atoms with E-state index in [0.717, 1.165) is 12.0 Å². The van der Waals surface area contributed by atoms with Crippen molar-refractivity contribution in [1.29, 1.82) is 0 Å². The second-order valence-electron chi connectivity index (χ2n) is 5.79. The molecule has 8 heteroatoms. The number of hydrogen-bond donors (Lipinski definition) is 2. The van der Waals surface area contributed by atoms with Crippen LogP contribution in [0.25, 0.3) is 0 Å². The number of aryl methyl sites for hydroxylation is 2. The Morgan fingerprint density at radius 3 is 3.00 bits per heavy atom. The molecule has 126 valence electrons. The quantitative estimate of drug-likeness (QED) is 0.890. The molecule has 1 aromatic carbocycles. The molecule has 0 radical (unpaired) electrons. The van der Waals surface area contributed by atoms with E-state index >= 15 is 0 Å². The molecule has 1 atom stereocenters. The van der Waals surface area contributed by atoms with Gasteiger partial charge in [0, 0.05) is 6.42 Å². The summed E-state index contributed by atoms with van der Waals surface area (Å²) in [5.74, 6) is 0.323. The summed E-state index contributed by atoms with van der Waals surface area (Å²) in [5.41, 5.74) is 1.51. The number of anilines is 2. The molecule has 0 saturated carbocycles. The number of hydrogen-bond acceptors (Lipinski definition) is 4. The molecule has 24 heavy (non-hydrogen) atoms. The van der Waals surface area contributed by atoms with Gasteiger partial charge in [-0.3, -0.25) is 14.9 Å². The van der Waals surface area contributed by atoms with Crippen molar-refractivity contribution in [1.82, 2.24) is 14.8 Å². The summed E-state index contributed by atoms with van der Waals surface area (Å²) in [6.07, 6.45) is 1.58. The zero-order chi connectivity index (χ0) is 17.3. The molecule has 1 aliphatic heterocycles. The first-order chi connectivity index (χ1) is 11.5. The maximum atomic E-state index is 12.6. The van der Waals surface area contributed by atoms with Gasteiger partial charge in [-0.25, -0.2) is 4.68 Å². The molecule has 2 amide bonds. The Bertz CT molecular complexity index is 802. The van der Waals surface area contributed by atoms with Gasteiger partial charge in [-0.2, -0.15) is 10.1 Å². The zero-order valence-corrected chi connectivity index (χ0v) is 14.2. The standard InChI is InChI=1S/C16H18ClN5O2/c1-3-4-13-19-16-20-14(23)8-12(22(16)21-13)15(24)18-11-6-5-9(2)7-10(11)17/h5-7,12H,3-4,8H2,1-2H3,(H,18,24)(H,19,20,21,23). The Morgan fingerprint density at radius 1 is 1.50 bits per heavy atom. The number of nitrogens with zero attached hydrogens (tertiary/aromatic N) is 3. The predicted molar refractivity (Wildman–Crippen MR) is 91.1 cm³/mol. The van der Waals surface area contributed by atoms with E-state index in [1.165, 1.54) is 4.68 Å². The van der Waals surface area contributed by atoms with Crippen molar-refractivity contribution in [2.75, 3.05) is 10.6 Å². The molecular weight excluding hydrogens is 330 g/mol. The van der Waals surface area contributed by atoms with Crippen molar-refractivity contribution < 1.29 is 9.59 Å². The summed E-state index contributed by atoms with van der Waals surface area (Å²) < 4.78 is 1.48. The first kappa shape index (κ1) is 16.4. The van der Waals surface area contributed by atoms with Gasteiger partial charge >= 0.3 is 0 Å². The normalized spacial score (nSPS) is 16.5. The van der Waals surface area contributed by atoms with Crippen molar-refractivity contribution in [3.8, 4) is 0 Å². The van der Waals surface area contributed by atoms with Gasteiger partial charge in [0.1, 0.15) is 6.04 Å². The van der Waals surface area contributed by atoms with E-state index in [9.17, 15) is 9.59 Å². The Morgan fingerprint density at radius 2 is 2.29 bits per heavy atom. The number of fused-ring (bicyclic) bond motifs is 1. The van der Waals surface area contributed by atoms with Crippen molar-refractivity contribution in [2.24, 2.45) is 0 Å². The fraction of sp³-hybridized carbons (Fsp3) is 0.375. The van der Waals surface area contributed by atoms with Gasteiger partial charge in [0.05, 0.1) is 17.1 Å². The lowest BCUT2D eigenvalue weighted by molar-refractivity contribution is -0.125. The van der Waals surface area contributed by atoms with E-state index in [0.29, 0.717) is 28.9 Å². The van der Waals surface area contributed by atoms with Gasteiger partial charge in [0.25, 0.3) is 0 Å². The molecule has 3 rings (SSSR count). The monoisotopic (exact) mass is 347 g/mol. The Balaban J connectivity index is 1.86. The molecule has 7 nitrogen and oxygen atoms in total. The number of nitrogens with one attached hydrogen (secondary N) is 2. The lowest BCUT2D eigenvalue weighted by Crippen LogP contribution is -2.36. The lowest BCUT2D eigenvalue weighted by atomic mass is 10.1. The number of aromatic nitrogens is 3. The van der Waals surface area contributed by atoms with Crippen LogP contribution < -0.4 is 10.6 Å². The van der Waals surface area contributed by atoms with Gasteiger partial charge < -0.3 is 5.32 Å². The van der Waals surface area contributed by atoms with Crippen LogP contribution in [-0.4, -0.2) is 26.6 Å².